The molecule has 1 aliphatic rings. The molecule has 18 heavy (non-hydrogen) atoms. The molecule has 0 aromatic rings. The lowest BCUT2D eigenvalue weighted by Crippen LogP contribution is -2.46. The first-order chi connectivity index (χ1) is 8.32. The Morgan fingerprint density at radius 2 is 2.00 bits per heavy atom. The number of carbonyl (C=O) groups is 1. The highest BCUT2D eigenvalue weighted by molar-refractivity contribution is 5.77. The van der Waals surface area contributed by atoms with Crippen LogP contribution >= 0.6 is 0 Å². The number of hydrogen-bond donors (Lipinski definition) is 2. The van der Waals surface area contributed by atoms with Gasteiger partial charge in [-0.2, -0.15) is 13.2 Å². The highest BCUT2D eigenvalue weighted by Crippen LogP contribution is 2.43. The second-order valence-corrected chi connectivity index (χ2v) is 4.89. The minimum absolute atomic E-state index is 0.0412. The second kappa shape index (κ2) is 5.88. The third kappa shape index (κ3) is 4.13. The van der Waals surface area contributed by atoms with Crippen LogP contribution in [0.4, 0.5) is 13.2 Å². The Morgan fingerprint density at radius 3 is 2.33 bits per heavy atom. The van der Waals surface area contributed by atoms with Crippen LogP contribution in [0.15, 0.2) is 0 Å². The van der Waals surface area contributed by atoms with Gasteiger partial charge in [0.1, 0.15) is 6.54 Å². The van der Waals surface area contributed by atoms with Crippen LogP contribution in [0.25, 0.3) is 0 Å². The van der Waals surface area contributed by atoms with Crippen molar-refractivity contribution in [3.8, 4) is 0 Å². The lowest BCUT2D eigenvalue weighted by molar-refractivity contribution is -0.164. The zero-order valence-electron chi connectivity index (χ0n) is 10.2. The van der Waals surface area contributed by atoms with E-state index in [1.807, 2.05) is 0 Å². The molecule has 0 atom stereocenters. The Morgan fingerprint density at radius 1 is 1.39 bits per heavy atom. The Hall–Kier alpha value is -0.820. The van der Waals surface area contributed by atoms with Crippen LogP contribution in [-0.2, 0) is 4.79 Å². The number of aliphatic hydroxyl groups excluding tert-OH is 1. The van der Waals surface area contributed by atoms with Crippen molar-refractivity contribution in [2.24, 2.45) is 11.1 Å². The molecule has 0 radical (unpaired) electrons. The van der Waals surface area contributed by atoms with Gasteiger partial charge in [-0.3, -0.25) is 4.79 Å². The van der Waals surface area contributed by atoms with Crippen molar-refractivity contribution < 1.29 is 23.1 Å². The van der Waals surface area contributed by atoms with Gasteiger partial charge >= 0.3 is 6.18 Å². The summed E-state index contributed by atoms with van der Waals surface area (Å²) in [5.41, 5.74) is 5.25. The summed E-state index contributed by atoms with van der Waals surface area (Å²) < 4.78 is 36.9. The first kappa shape index (κ1) is 15.2. The number of alkyl halides is 3. The zero-order valence-corrected chi connectivity index (χ0v) is 10.2. The molecule has 4 nitrogen and oxygen atoms in total. The van der Waals surface area contributed by atoms with Crippen molar-refractivity contribution in [2.45, 2.75) is 31.9 Å². The Balaban J connectivity index is 2.59. The highest BCUT2D eigenvalue weighted by Gasteiger charge is 2.40. The predicted octanol–water partition coefficient (Wildman–Crippen LogP) is 0.889. The van der Waals surface area contributed by atoms with Crippen LogP contribution in [0.3, 0.4) is 0 Å². The van der Waals surface area contributed by atoms with E-state index >= 15 is 0 Å². The van der Waals surface area contributed by atoms with Gasteiger partial charge in [-0.1, -0.05) is 6.42 Å². The summed E-state index contributed by atoms with van der Waals surface area (Å²) in [5.74, 6) is -0.577. The van der Waals surface area contributed by atoms with Crippen molar-refractivity contribution in [1.29, 1.82) is 0 Å². The molecule has 0 bridgehead atoms. The predicted molar refractivity (Wildman–Crippen MR) is 59.7 cm³/mol. The summed E-state index contributed by atoms with van der Waals surface area (Å²) in [6.45, 7) is -1.76. The average Bonchev–Trinajstić information content (AvgIpc) is 2.20. The Bertz CT molecular complexity index is 285. The molecule has 1 saturated carbocycles. The summed E-state index contributed by atoms with van der Waals surface area (Å²) in [6.07, 6.45) is -1.87. The maximum atomic E-state index is 12.3. The zero-order chi connectivity index (χ0) is 13.8. The summed E-state index contributed by atoms with van der Waals surface area (Å²) in [7, 11) is 0. The summed E-state index contributed by atoms with van der Waals surface area (Å²) in [5, 5.41) is 8.72. The molecule has 0 aromatic heterocycles. The van der Waals surface area contributed by atoms with Gasteiger partial charge in [0.05, 0.1) is 6.61 Å². The molecule has 0 aliphatic heterocycles. The van der Waals surface area contributed by atoms with Gasteiger partial charge in [0, 0.05) is 13.0 Å². The molecule has 1 amide bonds. The third-order valence-corrected chi connectivity index (χ3v) is 3.47. The van der Waals surface area contributed by atoms with Gasteiger partial charge < -0.3 is 15.7 Å². The quantitative estimate of drug-likeness (QED) is 0.751. The molecule has 106 valence electrons. The minimum Gasteiger partial charge on any atom is -0.395 e. The molecule has 7 heteroatoms. The molecule has 0 spiro atoms. The van der Waals surface area contributed by atoms with E-state index in [4.69, 9.17) is 10.8 Å². The fourth-order valence-corrected chi connectivity index (χ4v) is 2.19. The van der Waals surface area contributed by atoms with Gasteiger partial charge in [-0.25, -0.2) is 0 Å². The number of nitrogens with zero attached hydrogens (tertiary/aromatic N) is 1. The fourth-order valence-electron chi connectivity index (χ4n) is 2.19. The first-order valence-corrected chi connectivity index (χ1v) is 5.97. The molecule has 0 heterocycles. The van der Waals surface area contributed by atoms with Gasteiger partial charge in [0.15, 0.2) is 0 Å². The number of nitrogens with two attached hydrogens (primary N) is 1. The summed E-state index contributed by atoms with van der Waals surface area (Å²) in [4.78, 5) is 12.5. The van der Waals surface area contributed by atoms with Crippen LogP contribution < -0.4 is 5.73 Å². The molecule has 0 saturated heterocycles. The van der Waals surface area contributed by atoms with Crippen molar-refractivity contribution in [2.75, 3.05) is 26.2 Å². The monoisotopic (exact) mass is 268 g/mol. The van der Waals surface area contributed by atoms with Crippen molar-refractivity contribution in [3.63, 3.8) is 0 Å². The standard InChI is InChI=1S/C11H19F3N2O2/c12-11(13,14)8-16(4-5-17)9(18)6-10(7-15)2-1-3-10/h17H,1-8,15H2. The lowest BCUT2D eigenvalue weighted by Gasteiger charge is -2.41. The highest BCUT2D eigenvalue weighted by atomic mass is 19.4. The van der Waals surface area contributed by atoms with Crippen LogP contribution in [0.1, 0.15) is 25.7 Å². The average molecular weight is 268 g/mol. The van der Waals surface area contributed by atoms with Gasteiger partial charge in [0.25, 0.3) is 0 Å². The van der Waals surface area contributed by atoms with Crippen molar-refractivity contribution >= 4 is 5.91 Å². The number of carbonyl (C=O) groups excluding carboxylic acids is 1. The minimum atomic E-state index is -4.44. The number of hydrogen-bond acceptors (Lipinski definition) is 3. The topological polar surface area (TPSA) is 66.6 Å². The maximum absolute atomic E-state index is 12.3. The number of aliphatic hydroxyl groups is 1. The normalized spacial score (nSPS) is 18.3. The van der Waals surface area contributed by atoms with Gasteiger partial charge in [-0.15, -0.1) is 0 Å². The van der Waals surface area contributed by atoms with Crippen LogP contribution in [0, 0.1) is 5.41 Å². The van der Waals surface area contributed by atoms with E-state index in [2.05, 4.69) is 0 Å². The number of halogens is 3. The number of amides is 1. The second-order valence-electron chi connectivity index (χ2n) is 4.89. The first-order valence-electron chi connectivity index (χ1n) is 5.97. The van der Waals surface area contributed by atoms with Crippen LogP contribution in [0.5, 0.6) is 0 Å². The summed E-state index contributed by atoms with van der Waals surface area (Å²) >= 11 is 0. The molecule has 1 aliphatic carbocycles. The van der Waals surface area contributed by atoms with E-state index in [1.54, 1.807) is 0 Å². The Kier molecular flexibility index (Phi) is 4.98. The lowest BCUT2D eigenvalue weighted by atomic mass is 9.66. The van der Waals surface area contributed by atoms with E-state index in [9.17, 15) is 18.0 Å². The SMILES string of the molecule is NCC1(CC(=O)N(CCO)CC(F)(F)F)CCC1. The molecule has 0 unspecified atom stereocenters. The van der Waals surface area contributed by atoms with E-state index in [-0.39, 0.29) is 18.4 Å². The molecule has 1 fully saturated rings. The van der Waals surface area contributed by atoms with Crippen molar-refractivity contribution in [1.82, 2.24) is 4.90 Å². The maximum Gasteiger partial charge on any atom is 0.406 e. The van der Waals surface area contributed by atoms with E-state index in [0.29, 0.717) is 11.4 Å². The number of rotatable bonds is 6. The van der Waals surface area contributed by atoms with Crippen molar-refractivity contribution in [3.05, 3.63) is 0 Å². The van der Waals surface area contributed by atoms with E-state index in [0.717, 1.165) is 19.3 Å². The summed E-state index contributed by atoms with van der Waals surface area (Å²) in [6, 6.07) is 0. The Labute approximate surface area is 104 Å². The third-order valence-electron chi connectivity index (χ3n) is 3.47. The largest absolute Gasteiger partial charge is 0.406 e. The fraction of sp³-hybridized carbons (Fsp3) is 0.909. The van der Waals surface area contributed by atoms with E-state index in [1.165, 1.54) is 0 Å². The molecule has 3 N–H and O–H groups in total. The molecular weight excluding hydrogens is 249 g/mol. The smallest absolute Gasteiger partial charge is 0.395 e. The van der Waals surface area contributed by atoms with Gasteiger partial charge in [-0.05, 0) is 24.8 Å². The van der Waals surface area contributed by atoms with E-state index < -0.39 is 25.2 Å². The van der Waals surface area contributed by atoms with Gasteiger partial charge in [0.2, 0.25) is 5.91 Å². The molecular formula is C11H19F3N2O2. The van der Waals surface area contributed by atoms with Crippen LogP contribution in [-0.4, -0.2) is 48.3 Å². The molecule has 0 aromatic carbocycles. The van der Waals surface area contributed by atoms with Crippen LogP contribution in [0.2, 0.25) is 0 Å². The molecule has 1 rings (SSSR count).